The van der Waals surface area contributed by atoms with Gasteiger partial charge in [0.05, 0.1) is 30.9 Å². The molecule has 1 aromatic carbocycles. The van der Waals surface area contributed by atoms with E-state index in [0.717, 1.165) is 5.56 Å². The summed E-state index contributed by atoms with van der Waals surface area (Å²) in [7, 11) is 0. The fourth-order valence-electron chi connectivity index (χ4n) is 1.56. The van der Waals surface area contributed by atoms with Crippen molar-refractivity contribution in [2.45, 2.75) is 20.0 Å². The van der Waals surface area contributed by atoms with E-state index in [1.54, 1.807) is 19.9 Å². The summed E-state index contributed by atoms with van der Waals surface area (Å²) in [5.41, 5.74) is 0.942. The van der Waals surface area contributed by atoms with Crippen LogP contribution in [0.2, 0.25) is 0 Å². The van der Waals surface area contributed by atoms with Gasteiger partial charge in [0.1, 0.15) is 6.10 Å². The second-order valence-electron chi connectivity index (χ2n) is 4.16. The molecule has 0 unspecified atom stereocenters. The molecule has 6 heteroatoms. The first-order valence-corrected chi connectivity index (χ1v) is 6.23. The van der Waals surface area contributed by atoms with Crippen molar-refractivity contribution in [1.29, 1.82) is 0 Å². The molecule has 0 aromatic heterocycles. The van der Waals surface area contributed by atoms with Gasteiger partial charge in [0.15, 0.2) is 0 Å². The average Bonchev–Trinajstić information content (AvgIpc) is 2.44. The maximum Gasteiger partial charge on any atom is 0.339 e. The normalized spacial score (nSPS) is 10.4. The monoisotopic (exact) mass is 282 g/mol. The van der Waals surface area contributed by atoms with Crippen LogP contribution < -0.4 is 0 Å². The van der Waals surface area contributed by atoms with Gasteiger partial charge in [-0.1, -0.05) is 11.6 Å². The van der Waals surface area contributed by atoms with E-state index < -0.39 is 31.3 Å². The molecule has 0 radical (unpaired) electrons. The lowest BCUT2D eigenvalue weighted by molar-refractivity contribution is -0.00571. The molecule has 0 aliphatic heterocycles. The Morgan fingerprint density at radius 2 is 1.80 bits per heavy atom. The molecule has 0 spiro atoms. The van der Waals surface area contributed by atoms with Crippen LogP contribution in [0.5, 0.6) is 0 Å². The zero-order valence-electron chi connectivity index (χ0n) is 11.5. The highest BCUT2D eigenvalue weighted by molar-refractivity contribution is 6.03. The second kappa shape index (κ2) is 7.62. The molecule has 0 amide bonds. The van der Waals surface area contributed by atoms with Crippen LogP contribution in [0.25, 0.3) is 0 Å². The van der Waals surface area contributed by atoms with E-state index in [0.29, 0.717) is 0 Å². The fourth-order valence-corrected chi connectivity index (χ4v) is 1.56. The summed E-state index contributed by atoms with van der Waals surface area (Å²) in [6, 6.07) is 4.64. The van der Waals surface area contributed by atoms with E-state index >= 15 is 0 Å². The van der Waals surface area contributed by atoms with Crippen LogP contribution in [0.3, 0.4) is 0 Å². The Bertz CT molecular complexity index is 479. The maximum absolute atomic E-state index is 12.0. The van der Waals surface area contributed by atoms with Gasteiger partial charge in [0.2, 0.25) is 0 Å². The number of aliphatic hydroxyl groups is 2. The predicted octanol–water partition coefficient (Wildman–Crippen LogP) is 0.682. The summed E-state index contributed by atoms with van der Waals surface area (Å²) in [6.45, 7) is 2.64. The molecule has 0 fully saturated rings. The van der Waals surface area contributed by atoms with Crippen LogP contribution in [0.15, 0.2) is 18.2 Å². The summed E-state index contributed by atoms with van der Waals surface area (Å²) in [5, 5.41) is 17.8. The van der Waals surface area contributed by atoms with Crippen LogP contribution in [-0.2, 0) is 9.47 Å². The van der Waals surface area contributed by atoms with Gasteiger partial charge < -0.3 is 19.7 Å². The van der Waals surface area contributed by atoms with E-state index in [1.165, 1.54) is 12.1 Å². The molecule has 0 saturated heterocycles. The SMILES string of the molecule is CCOC(=O)c1cc(C)ccc1C(=O)OC(CO)CO. The highest BCUT2D eigenvalue weighted by Crippen LogP contribution is 2.15. The quantitative estimate of drug-likeness (QED) is 0.745. The number of carbonyl (C=O) groups is 2. The number of aliphatic hydroxyl groups excluding tert-OH is 2. The van der Waals surface area contributed by atoms with Gasteiger partial charge in [-0.15, -0.1) is 0 Å². The van der Waals surface area contributed by atoms with E-state index in [2.05, 4.69) is 0 Å². The van der Waals surface area contributed by atoms with Crippen molar-refractivity contribution in [3.05, 3.63) is 34.9 Å². The van der Waals surface area contributed by atoms with Gasteiger partial charge in [0.25, 0.3) is 0 Å². The number of ether oxygens (including phenoxy) is 2. The number of carbonyl (C=O) groups excluding carboxylic acids is 2. The Labute approximate surface area is 116 Å². The van der Waals surface area contributed by atoms with Crippen molar-refractivity contribution < 1.29 is 29.3 Å². The average molecular weight is 282 g/mol. The summed E-state index contributed by atoms with van der Waals surface area (Å²) in [6.07, 6.45) is -1.01. The molecular weight excluding hydrogens is 264 g/mol. The zero-order chi connectivity index (χ0) is 15.1. The Hall–Kier alpha value is -1.92. The molecule has 1 aromatic rings. The Kier molecular flexibility index (Phi) is 6.14. The third kappa shape index (κ3) is 4.04. The van der Waals surface area contributed by atoms with Gasteiger partial charge >= 0.3 is 11.9 Å². The molecule has 0 aliphatic rings. The Morgan fingerprint density at radius 1 is 1.15 bits per heavy atom. The van der Waals surface area contributed by atoms with Crippen LogP contribution in [0.1, 0.15) is 33.2 Å². The summed E-state index contributed by atoms with van der Waals surface area (Å²) >= 11 is 0. The predicted molar refractivity (Wildman–Crippen MR) is 70.5 cm³/mol. The first kappa shape index (κ1) is 16.1. The molecule has 2 N–H and O–H groups in total. The molecule has 0 heterocycles. The first-order chi connectivity index (χ1) is 9.53. The smallest absolute Gasteiger partial charge is 0.339 e. The van der Waals surface area contributed by atoms with Crippen molar-refractivity contribution in [2.24, 2.45) is 0 Å². The van der Waals surface area contributed by atoms with E-state index in [4.69, 9.17) is 19.7 Å². The van der Waals surface area contributed by atoms with Crippen molar-refractivity contribution in [1.82, 2.24) is 0 Å². The van der Waals surface area contributed by atoms with Gasteiger partial charge in [0, 0.05) is 0 Å². The summed E-state index contributed by atoms with van der Waals surface area (Å²) < 4.78 is 9.78. The fraction of sp³-hybridized carbons (Fsp3) is 0.429. The van der Waals surface area contributed by atoms with Gasteiger partial charge in [-0.25, -0.2) is 9.59 Å². The third-order valence-electron chi connectivity index (χ3n) is 2.57. The zero-order valence-corrected chi connectivity index (χ0v) is 11.5. The Morgan fingerprint density at radius 3 is 2.35 bits per heavy atom. The van der Waals surface area contributed by atoms with E-state index in [-0.39, 0.29) is 17.7 Å². The molecule has 1 rings (SSSR count). The van der Waals surface area contributed by atoms with Crippen LogP contribution in [-0.4, -0.2) is 48.1 Å². The summed E-state index contributed by atoms with van der Waals surface area (Å²) in [4.78, 5) is 23.8. The van der Waals surface area contributed by atoms with Gasteiger partial charge in [-0.05, 0) is 26.0 Å². The number of hydrogen-bond donors (Lipinski definition) is 2. The number of benzene rings is 1. The van der Waals surface area contributed by atoms with Crippen LogP contribution in [0.4, 0.5) is 0 Å². The lowest BCUT2D eigenvalue weighted by Gasteiger charge is -2.14. The standard InChI is InChI=1S/C14H18O6/c1-3-19-13(17)12-6-9(2)4-5-11(12)14(18)20-10(7-15)8-16/h4-6,10,15-16H,3,7-8H2,1-2H3. The second-order valence-corrected chi connectivity index (χ2v) is 4.16. The molecule has 20 heavy (non-hydrogen) atoms. The van der Waals surface area contributed by atoms with Crippen molar-refractivity contribution in [3.8, 4) is 0 Å². The number of hydrogen-bond acceptors (Lipinski definition) is 6. The third-order valence-corrected chi connectivity index (χ3v) is 2.57. The molecule has 110 valence electrons. The van der Waals surface area contributed by atoms with Gasteiger partial charge in [-0.3, -0.25) is 0 Å². The van der Waals surface area contributed by atoms with E-state index in [1.807, 2.05) is 0 Å². The topological polar surface area (TPSA) is 93.1 Å². The molecule has 0 bridgehead atoms. The van der Waals surface area contributed by atoms with E-state index in [9.17, 15) is 9.59 Å². The number of aryl methyl sites for hydroxylation is 1. The molecule has 0 saturated carbocycles. The van der Waals surface area contributed by atoms with Crippen molar-refractivity contribution >= 4 is 11.9 Å². The van der Waals surface area contributed by atoms with Crippen molar-refractivity contribution in [3.63, 3.8) is 0 Å². The Balaban J connectivity index is 3.04. The molecular formula is C14H18O6. The highest BCUT2D eigenvalue weighted by Gasteiger charge is 2.21. The van der Waals surface area contributed by atoms with Crippen LogP contribution in [0, 0.1) is 6.92 Å². The largest absolute Gasteiger partial charge is 0.462 e. The lowest BCUT2D eigenvalue weighted by atomic mass is 10.0. The summed E-state index contributed by atoms with van der Waals surface area (Å²) in [5.74, 6) is -1.41. The first-order valence-electron chi connectivity index (χ1n) is 6.23. The van der Waals surface area contributed by atoms with Gasteiger partial charge in [-0.2, -0.15) is 0 Å². The highest BCUT2D eigenvalue weighted by atomic mass is 16.6. The number of esters is 2. The number of rotatable bonds is 6. The minimum atomic E-state index is -1.01. The molecule has 0 aliphatic carbocycles. The molecule has 0 atom stereocenters. The molecule has 6 nitrogen and oxygen atoms in total. The van der Waals surface area contributed by atoms with Crippen molar-refractivity contribution in [2.75, 3.05) is 19.8 Å². The minimum absolute atomic E-state index is 0.0425. The van der Waals surface area contributed by atoms with Crippen LogP contribution >= 0.6 is 0 Å². The minimum Gasteiger partial charge on any atom is -0.462 e. The lowest BCUT2D eigenvalue weighted by Crippen LogP contribution is -2.26. The maximum atomic E-state index is 12.0.